The van der Waals surface area contributed by atoms with Gasteiger partial charge in [-0.15, -0.1) is 0 Å². The van der Waals surface area contributed by atoms with Gasteiger partial charge < -0.3 is 15.1 Å². The van der Waals surface area contributed by atoms with Crippen molar-refractivity contribution in [3.8, 4) is 11.3 Å². The summed E-state index contributed by atoms with van der Waals surface area (Å²) >= 11 is 3.50. The smallest absolute Gasteiger partial charge is 0.256 e. The highest BCUT2D eigenvalue weighted by Gasteiger charge is 2.24. The first kappa shape index (κ1) is 21.1. The number of amides is 1. The number of hydrogen-bond acceptors (Lipinski definition) is 5. The Morgan fingerprint density at radius 2 is 1.88 bits per heavy atom. The number of anilines is 2. The number of pyridine rings is 1. The summed E-state index contributed by atoms with van der Waals surface area (Å²) in [6, 6.07) is 16.0. The van der Waals surface area contributed by atoms with E-state index in [2.05, 4.69) is 60.4 Å². The second-order valence-corrected chi connectivity index (χ2v) is 9.69. The first-order valence-electron chi connectivity index (χ1n) is 11.3. The second-order valence-electron chi connectivity index (χ2n) is 8.77. The van der Waals surface area contributed by atoms with Crippen molar-refractivity contribution in [1.29, 1.82) is 0 Å². The van der Waals surface area contributed by atoms with Crippen LogP contribution in [0.2, 0.25) is 0 Å². The minimum absolute atomic E-state index is 0.0926. The molecule has 8 heteroatoms. The average Bonchev–Trinajstić information content (AvgIpc) is 3.40. The van der Waals surface area contributed by atoms with Gasteiger partial charge in [0.05, 0.1) is 5.52 Å². The zero-order valence-corrected chi connectivity index (χ0v) is 20.3. The van der Waals surface area contributed by atoms with Crippen molar-refractivity contribution in [2.24, 2.45) is 0 Å². The molecule has 7 nitrogen and oxygen atoms in total. The van der Waals surface area contributed by atoms with Crippen molar-refractivity contribution in [2.45, 2.75) is 0 Å². The molecule has 0 aliphatic carbocycles. The van der Waals surface area contributed by atoms with Crippen LogP contribution in [0.25, 0.3) is 33.8 Å². The van der Waals surface area contributed by atoms with E-state index >= 15 is 0 Å². The predicted molar refractivity (Wildman–Crippen MR) is 140 cm³/mol. The van der Waals surface area contributed by atoms with E-state index in [1.165, 1.54) is 0 Å². The van der Waals surface area contributed by atoms with Crippen LogP contribution in [0.4, 0.5) is 11.5 Å². The number of nitrogens with zero attached hydrogens (tertiary/aromatic N) is 4. The maximum atomic E-state index is 12.5. The predicted octanol–water partition coefficient (Wildman–Crippen LogP) is 4.63. The van der Waals surface area contributed by atoms with Gasteiger partial charge in [-0.1, -0.05) is 22.0 Å². The largest absolute Gasteiger partial charge is 0.354 e. The summed E-state index contributed by atoms with van der Waals surface area (Å²) in [5.74, 6) is 0.914. The Morgan fingerprint density at radius 3 is 2.68 bits per heavy atom. The molecule has 0 saturated carbocycles. The number of aromatic amines is 1. The second kappa shape index (κ2) is 8.38. The number of benzene rings is 2. The van der Waals surface area contributed by atoms with Crippen LogP contribution in [0.1, 0.15) is 11.1 Å². The Kier molecular flexibility index (Phi) is 5.19. The van der Waals surface area contributed by atoms with Gasteiger partial charge in [0, 0.05) is 64.6 Å². The Labute approximate surface area is 205 Å². The summed E-state index contributed by atoms with van der Waals surface area (Å²) in [6.45, 7) is 4.09. The SMILES string of the molecule is CN1CCN(c2ccc(-c3n[nH]c4cc(C=C5C(=O)Nc6ccc(Br)cc65)ccc34)cn2)CC1. The van der Waals surface area contributed by atoms with Gasteiger partial charge in [-0.2, -0.15) is 5.10 Å². The number of hydrogen-bond donors (Lipinski definition) is 2. The van der Waals surface area contributed by atoms with Crippen molar-refractivity contribution >= 4 is 55.9 Å². The zero-order valence-electron chi connectivity index (χ0n) is 18.7. The van der Waals surface area contributed by atoms with Crippen molar-refractivity contribution < 1.29 is 4.79 Å². The summed E-state index contributed by atoms with van der Waals surface area (Å²) < 4.78 is 0.939. The minimum atomic E-state index is -0.0926. The molecular formula is C26H23BrN6O. The third-order valence-corrected chi connectivity index (χ3v) is 7.00. The van der Waals surface area contributed by atoms with E-state index in [0.29, 0.717) is 5.57 Å². The van der Waals surface area contributed by atoms with Gasteiger partial charge in [0.15, 0.2) is 0 Å². The molecule has 34 heavy (non-hydrogen) atoms. The number of aromatic nitrogens is 3. The molecule has 0 bridgehead atoms. The van der Waals surface area contributed by atoms with Crippen LogP contribution in [0.5, 0.6) is 0 Å². The monoisotopic (exact) mass is 514 g/mol. The maximum absolute atomic E-state index is 12.5. The van der Waals surface area contributed by atoms with Crippen LogP contribution >= 0.6 is 15.9 Å². The van der Waals surface area contributed by atoms with Crippen LogP contribution in [-0.2, 0) is 4.79 Å². The minimum Gasteiger partial charge on any atom is -0.354 e. The standard InChI is InChI=1S/C26H23BrN6O/c1-32-8-10-33(11-9-32)24-7-3-17(15-28-24)25-19-5-2-16(13-23(19)30-31-25)12-21-20-14-18(27)4-6-22(20)29-26(21)34/h2-7,12-15H,8-11H2,1H3,(H,29,34)(H,30,31). The molecule has 4 heterocycles. The molecule has 0 unspecified atom stereocenters. The molecule has 0 atom stereocenters. The van der Waals surface area contributed by atoms with Crippen LogP contribution in [0.15, 0.2) is 59.2 Å². The van der Waals surface area contributed by atoms with E-state index in [9.17, 15) is 4.79 Å². The Hall–Kier alpha value is -3.49. The molecule has 2 aliphatic rings. The van der Waals surface area contributed by atoms with E-state index in [0.717, 1.165) is 75.4 Å². The van der Waals surface area contributed by atoms with Crippen molar-refractivity contribution in [2.75, 3.05) is 43.4 Å². The Bertz CT molecular complexity index is 1430. The number of halogens is 1. The Balaban J connectivity index is 1.29. The molecule has 1 saturated heterocycles. The number of likely N-dealkylation sites (N-methyl/N-ethyl adjacent to an activating group) is 1. The fraction of sp³-hybridized carbons (Fsp3) is 0.192. The summed E-state index contributed by atoms with van der Waals surface area (Å²) in [6.07, 6.45) is 3.82. The van der Waals surface area contributed by atoms with Gasteiger partial charge >= 0.3 is 0 Å². The first-order chi connectivity index (χ1) is 16.5. The number of piperazine rings is 1. The van der Waals surface area contributed by atoms with Gasteiger partial charge in [-0.25, -0.2) is 4.98 Å². The maximum Gasteiger partial charge on any atom is 0.256 e. The van der Waals surface area contributed by atoms with E-state index in [4.69, 9.17) is 4.98 Å². The number of fused-ring (bicyclic) bond motifs is 2. The van der Waals surface area contributed by atoms with Gasteiger partial charge in [-0.3, -0.25) is 9.89 Å². The van der Waals surface area contributed by atoms with E-state index in [1.54, 1.807) is 0 Å². The molecule has 6 rings (SSSR count). The molecule has 2 aliphatic heterocycles. The fourth-order valence-corrected chi connectivity index (χ4v) is 4.93. The topological polar surface area (TPSA) is 77.1 Å². The molecule has 1 amide bonds. The molecule has 170 valence electrons. The summed E-state index contributed by atoms with van der Waals surface area (Å²) in [5, 5.41) is 11.7. The molecule has 4 aromatic rings. The lowest BCUT2D eigenvalue weighted by molar-refractivity contribution is -0.110. The van der Waals surface area contributed by atoms with E-state index in [-0.39, 0.29) is 5.91 Å². The summed E-state index contributed by atoms with van der Waals surface area (Å²) in [4.78, 5) is 21.9. The molecule has 0 spiro atoms. The Morgan fingerprint density at radius 1 is 1.03 bits per heavy atom. The highest BCUT2D eigenvalue weighted by atomic mass is 79.9. The van der Waals surface area contributed by atoms with Crippen LogP contribution in [0, 0.1) is 0 Å². The normalized spacial score (nSPS) is 17.4. The quantitative estimate of drug-likeness (QED) is 0.389. The summed E-state index contributed by atoms with van der Waals surface area (Å²) in [7, 11) is 2.15. The van der Waals surface area contributed by atoms with Crippen LogP contribution in [0.3, 0.4) is 0 Å². The number of rotatable bonds is 3. The summed E-state index contributed by atoms with van der Waals surface area (Å²) in [5.41, 5.74) is 6.08. The molecule has 2 aromatic carbocycles. The van der Waals surface area contributed by atoms with Gasteiger partial charge in [0.25, 0.3) is 5.91 Å². The lowest BCUT2D eigenvalue weighted by Gasteiger charge is -2.33. The number of nitrogens with one attached hydrogen (secondary N) is 2. The molecule has 2 aromatic heterocycles. The zero-order chi connectivity index (χ0) is 23.2. The van der Waals surface area contributed by atoms with Crippen LogP contribution in [-0.4, -0.2) is 59.2 Å². The molecule has 0 radical (unpaired) electrons. The van der Waals surface area contributed by atoms with Crippen molar-refractivity contribution in [3.05, 3.63) is 70.3 Å². The third kappa shape index (κ3) is 3.78. The highest BCUT2D eigenvalue weighted by Crippen LogP contribution is 2.35. The van der Waals surface area contributed by atoms with Crippen LogP contribution < -0.4 is 10.2 Å². The molecule has 2 N–H and O–H groups in total. The van der Waals surface area contributed by atoms with Gasteiger partial charge in [0.1, 0.15) is 11.5 Å². The number of carbonyl (C=O) groups excluding carboxylic acids is 1. The highest BCUT2D eigenvalue weighted by molar-refractivity contribution is 9.10. The van der Waals surface area contributed by atoms with Crippen molar-refractivity contribution in [1.82, 2.24) is 20.1 Å². The average molecular weight is 515 g/mol. The molecule has 1 fully saturated rings. The number of carbonyl (C=O) groups is 1. The number of H-pyrrole nitrogens is 1. The van der Waals surface area contributed by atoms with Gasteiger partial charge in [-0.05, 0) is 61.2 Å². The first-order valence-corrected chi connectivity index (χ1v) is 12.1. The van der Waals surface area contributed by atoms with Gasteiger partial charge in [0.2, 0.25) is 0 Å². The fourth-order valence-electron chi connectivity index (χ4n) is 4.57. The van der Waals surface area contributed by atoms with E-state index < -0.39 is 0 Å². The lowest BCUT2D eigenvalue weighted by atomic mass is 10.0. The third-order valence-electron chi connectivity index (χ3n) is 6.51. The lowest BCUT2D eigenvalue weighted by Crippen LogP contribution is -2.44. The van der Waals surface area contributed by atoms with E-state index in [1.807, 2.05) is 48.7 Å². The molecular weight excluding hydrogens is 492 g/mol. The van der Waals surface area contributed by atoms with Crippen molar-refractivity contribution in [3.63, 3.8) is 0 Å².